The molecular formula is C21H23NO. The van der Waals surface area contributed by atoms with Crippen molar-refractivity contribution in [1.82, 2.24) is 4.90 Å². The Balaban J connectivity index is 2.09. The van der Waals surface area contributed by atoms with Gasteiger partial charge in [-0.25, -0.2) is 0 Å². The minimum absolute atomic E-state index is 0.190. The summed E-state index contributed by atoms with van der Waals surface area (Å²) >= 11 is 0. The predicted molar refractivity (Wildman–Crippen MR) is 95.8 cm³/mol. The molecule has 0 unspecified atom stereocenters. The van der Waals surface area contributed by atoms with Crippen LogP contribution < -0.4 is 0 Å². The van der Waals surface area contributed by atoms with Crippen molar-refractivity contribution in [3.05, 3.63) is 70.8 Å². The van der Waals surface area contributed by atoms with E-state index in [1.165, 1.54) is 5.56 Å². The van der Waals surface area contributed by atoms with Crippen LogP contribution in [0.4, 0.5) is 0 Å². The average Bonchev–Trinajstić information content (AvgIpc) is 2.70. The molecular weight excluding hydrogens is 282 g/mol. The van der Waals surface area contributed by atoms with E-state index >= 15 is 0 Å². The van der Waals surface area contributed by atoms with Crippen molar-refractivity contribution in [1.29, 1.82) is 0 Å². The van der Waals surface area contributed by atoms with Crippen molar-refractivity contribution in [2.75, 3.05) is 6.54 Å². The van der Waals surface area contributed by atoms with Crippen molar-refractivity contribution in [2.24, 2.45) is 0 Å². The van der Waals surface area contributed by atoms with Crippen molar-refractivity contribution >= 4 is 17.7 Å². The van der Waals surface area contributed by atoms with Gasteiger partial charge >= 0.3 is 0 Å². The fourth-order valence-electron chi connectivity index (χ4n) is 2.98. The Morgan fingerprint density at radius 1 is 1.04 bits per heavy atom. The first kappa shape index (κ1) is 15.5. The van der Waals surface area contributed by atoms with Crippen molar-refractivity contribution in [3.63, 3.8) is 0 Å². The lowest BCUT2D eigenvalue weighted by molar-refractivity contribution is -0.127. The quantitative estimate of drug-likeness (QED) is 0.803. The molecule has 3 rings (SSSR count). The number of amides is 1. The number of fused-ring (bicyclic) bond motifs is 1. The zero-order valence-corrected chi connectivity index (χ0v) is 13.9. The minimum Gasteiger partial charge on any atom is -0.312 e. The Morgan fingerprint density at radius 2 is 1.78 bits per heavy atom. The van der Waals surface area contributed by atoms with Crippen LogP contribution in [-0.2, 0) is 11.2 Å². The van der Waals surface area contributed by atoms with Gasteiger partial charge in [-0.1, -0.05) is 67.4 Å². The van der Waals surface area contributed by atoms with Gasteiger partial charge in [0.05, 0.1) is 12.1 Å². The van der Waals surface area contributed by atoms with E-state index in [9.17, 15) is 4.79 Å². The van der Waals surface area contributed by atoms with Crippen LogP contribution in [0.3, 0.4) is 0 Å². The Morgan fingerprint density at radius 3 is 2.52 bits per heavy atom. The van der Waals surface area contributed by atoms with Crippen LogP contribution in [0.25, 0.3) is 11.8 Å². The summed E-state index contributed by atoms with van der Waals surface area (Å²) in [6.45, 7) is 5.02. The molecule has 0 bridgehead atoms. The molecule has 2 nitrogen and oxygen atoms in total. The van der Waals surface area contributed by atoms with Gasteiger partial charge in [-0.05, 0) is 36.1 Å². The smallest absolute Gasteiger partial charge is 0.231 e. The van der Waals surface area contributed by atoms with E-state index in [0.29, 0.717) is 6.42 Å². The van der Waals surface area contributed by atoms with E-state index in [1.807, 2.05) is 17.0 Å². The van der Waals surface area contributed by atoms with E-state index in [1.54, 1.807) is 0 Å². The first-order valence-electron chi connectivity index (χ1n) is 8.36. The van der Waals surface area contributed by atoms with Crippen LogP contribution in [0.1, 0.15) is 42.0 Å². The third kappa shape index (κ3) is 3.37. The SMILES string of the molecule is CCCCN1C(=O)Cc2ccccc2C=C1c1ccc(C)cc1. The third-order valence-corrected chi connectivity index (χ3v) is 4.36. The van der Waals surface area contributed by atoms with Gasteiger partial charge in [0.2, 0.25) is 5.91 Å². The molecule has 0 aliphatic carbocycles. The maximum atomic E-state index is 12.8. The minimum atomic E-state index is 0.190. The number of rotatable bonds is 4. The van der Waals surface area contributed by atoms with Crippen LogP contribution >= 0.6 is 0 Å². The molecule has 0 fully saturated rings. The maximum absolute atomic E-state index is 12.8. The summed E-state index contributed by atoms with van der Waals surface area (Å²) in [5.41, 5.74) is 5.62. The maximum Gasteiger partial charge on any atom is 0.231 e. The second-order valence-corrected chi connectivity index (χ2v) is 6.17. The van der Waals surface area contributed by atoms with E-state index in [-0.39, 0.29) is 5.91 Å². The van der Waals surface area contributed by atoms with Gasteiger partial charge in [0.25, 0.3) is 0 Å². The zero-order valence-electron chi connectivity index (χ0n) is 13.9. The van der Waals surface area contributed by atoms with Crippen LogP contribution in [0.2, 0.25) is 0 Å². The molecule has 0 atom stereocenters. The molecule has 2 heteroatoms. The van der Waals surface area contributed by atoms with Crippen molar-refractivity contribution < 1.29 is 4.79 Å². The van der Waals surface area contributed by atoms with Crippen LogP contribution in [0.15, 0.2) is 48.5 Å². The number of hydrogen-bond donors (Lipinski definition) is 0. The molecule has 118 valence electrons. The Labute approximate surface area is 138 Å². The van der Waals surface area contributed by atoms with E-state index < -0.39 is 0 Å². The molecule has 0 aromatic heterocycles. The number of benzene rings is 2. The Kier molecular flexibility index (Phi) is 4.61. The van der Waals surface area contributed by atoms with Crippen LogP contribution in [-0.4, -0.2) is 17.4 Å². The van der Waals surface area contributed by atoms with Gasteiger partial charge in [-0.2, -0.15) is 0 Å². The second-order valence-electron chi connectivity index (χ2n) is 6.17. The number of nitrogens with zero attached hydrogens (tertiary/aromatic N) is 1. The van der Waals surface area contributed by atoms with Gasteiger partial charge in [-0.15, -0.1) is 0 Å². The molecule has 0 spiro atoms. The molecule has 1 amide bonds. The summed E-state index contributed by atoms with van der Waals surface area (Å²) in [4.78, 5) is 14.8. The number of aryl methyl sites for hydroxylation is 1. The Bertz CT molecular complexity index is 728. The number of carbonyl (C=O) groups excluding carboxylic acids is 1. The first-order chi connectivity index (χ1) is 11.2. The average molecular weight is 305 g/mol. The molecule has 1 heterocycles. The number of hydrogen-bond acceptors (Lipinski definition) is 1. The Hall–Kier alpha value is -2.35. The molecule has 0 radical (unpaired) electrons. The van der Waals surface area contributed by atoms with Crippen molar-refractivity contribution in [3.8, 4) is 0 Å². The normalized spacial score (nSPS) is 14.3. The van der Waals surface area contributed by atoms with Gasteiger partial charge in [-0.3, -0.25) is 4.79 Å². The molecule has 1 aliphatic rings. The fraction of sp³-hybridized carbons (Fsp3) is 0.286. The lowest BCUT2D eigenvalue weighted by Crippen LogP contribution is -2.30. The lowest BCUT2D eigenvalue weighted by Gasteiger charge is -2.24. The van der Waals surface area contributed by atoms with Gasteiger partial charge in [0.1, 0.15) is 0 Å². The number of carbonyl (C=O) groups is 1. The molecule has 0 saturated heterocycles. The number of unbranched alkanes of at least 4 members (excludes halogenated alkanes) is 1. The summed E-state index contributed by atoms with van der Waals surface area (Å²) in [7, 11) is 0. The van der Waals surface area contributed by atoms with E-state index in [2.05, 4.69) is 56.3 Å². The third-order valence-electron chi connectivity index (χ3n) is 4.36. The molecule has 0 N–H and O–H groups in total. The predicted octanol–water partition coefficient (Wildman–Crippen LogP) is 4.68. The van der Waals surface area contributed by atoms with Gasteiger partial charge in [0.15, 0.2) is 0 Å². The molecule has 2 aromatic rings. The zero-order chi connectivity index (χ0) is 16.2. The van der Waals surface area contributed by atoms with Crippen LogP contribution in [0.5, 0.6) is 0 Å². The summed E-state index contributed by atoms with van der Waals surface area (Å²) in [6.07, 6.45) is 4.75. The summed E-state index contributed by atoms with van der Waals surface area (Å²) in [6, 6.07) is 16.6. The largest absolute Gasteiger partial charge is 0.312 e. The highest BCUT2D eigenvalue weighted by Crippen LogP contribution is 2.29. The molecule has 1 aliphatic heterocycles. The highest BCUT2D eigenvalue weighted by molar-refractivity contribution is 5.96. The molecule has 2 aromatic carbocycles. The van der Waals surface area contributed by atoms with Gasteiger partial charge in [0, 0.05) is 6.54 Å². The van der Waals surface area contributed by atoms with Crippen molar-refractivity contribution in [2.45, 2.75) is 33.1 Å². The summed E-state index contributed by atoms with van der Waals surface area (Å²) < 4.78 is 0. The lowest BCUT2D eigenvalue weighted by atomic mass is 10.0. The van der Waals surface area contributed by atoms with Crippen LogP contribution in [0, 0.1) is 6.92 Å². The molecule has 23 heavy (non-hydrogen) atoms. The van der Waals surface area contributed by atoms with Gasteiger partial charge < -0.3 is 4.90 Å². The fourth-order valence-corrected chi connectivity index (χ4v) is 2.98. The first-order valence-corrected chi connectivity index (χ1v) is 8.36. The highest BCUT2D eigenvalue weighted by atomic mass is 16.2. The summed E-state index contributed by atoms with van der Waals surface area (Å²) in [5, 5.41) is 0. The highest BCUT2D eigenvalue weighted by Gasteiger charge is 2.23. The summed E-state index contributed by atoms with van der Waals surface area (Å²) in [5.74, 6) is 0.190. The molecule has 0 saturated carbocycles. The topological polar surface area (TPSA) is 20.3 Å². The monoisotopic (exact) mass is 305 g/mol. The van der Waals surface area contributed by atoms with E-state index in [4.69, 9.17) is 0 Å². The standard InChI is InChI=1S/C21H23NO/c1-3-4-13-22-20(17-11-9-16(2)10-12-17)14-18-7-5-6-8-19(18)15-21(22)23/h5-12,14H,3-4,13,15H2,1-2H3. The van der Waals surface area contributed by atoms with E-state index in [0.717, 1.165) is 41.8 Å². The second kappa shape index (κ2) is 6.82.